The Balaban J connectivity index is 0.00000241. The van der Waals surface area contributed by atoms with Crippen LogP contribution in [0.3, 0.4) is 0 Å². The number of rotatable bonds is 6. The minimum atomic E-state index is -0.316. The molecule has 2 aromatic heterocycles. The molecule has 6 N–H and O–H groups in total. The summed E-state index contributed by atoms with van der Waals surface area (Å²) in [6.45, 7) is 2.66. The fourth-order valence-corrected chi connectivity index (χ4v) is 3.84. The molecule has 3 heterocycles. The molecule has 0 bridgehead atoms. The quantitative estimate of drug-likeness (QED) is 0.282. The number of aromatic nitrogens is 6. The molecule has 2 atom stereocenters. The third-order valence-electron chi connectivity index (χ3n) is 5.53. The molecule has 4 rings (SSSR count). The van der Waals surface area contributed by atoms with Gasteiger partial charge in [0.05, 0.1) is 37.1 Å². The van der Waals surface area contributed by atoms with Gasteiger partial charge in [-0.25, -0.2) is 0 Å². The van der Waals surface area contributed by atoms with Crippen molar-refractivity contribution in [2.45, 2.75) is 44.4 Å². The van der Waals surface area contributed by atoms with Crippen LogP contribution in [0, 0.1) is 0 Å². The summed E-state index contributed by atoms with van der Waals surface area (Å²) in [5.41, 5.74) is 2.01. The van der Waals surface area contributed by atoms with Gasteiger partial charge < -0.3 is 31.8 Å². The van der Waals surface area contributed by atoms with Crippen LogP contribution in [0.4, 0.5) is 0 Å². The summed E-state index contributed by atoms with van der Waals surface area (Å²) in [6.07, 6.45) is 6.42. The van der Waals surface area contributed by atoms with E-state index in [2.05, 4.69) is 41.2 Å². The van der Waals surface area contributed by atoms with Crippen LogP contribution in [-0.4, -0.2) is 91.0 Å². The molecule has 0 saturated carbocycles. The fourth-order valence-electron chi connectivity index (χ4n) is 3.84. The largest absolute Gasteiger partial charge is 2.00 e. The zero-order chi connectivity index (χ0) is 24.3. The summed E-state index contributed by atoms with van der Waals surface area (Å²) in [7, 11) is 0. The molecule has 14 nitrogen and oxygen atoms in total. The van der Waals surface area contributed by atoms with Crippen LogP contribution in [0.25, 0.3) is 0 Å². The molecule has 1 aliphatic rings. The van der Waals surface area contributed by atoms with E-state index in [0.29, 0.717) is 45.7 Å². The van der Waals surface area contributed by atoms with Gasteiger partial charge in [0.15, 0.2) is 0 Å². The van der Waals surface area contributed by atoms with Crippen LogP contribution in [0.15, 0.2) is 58.9 Å². The van der Waals surface area contributed by atoms with Crippen LogP contribution < -0.4 is 20.8 Å². The van der Waals surface area contributed by atoms with Crippen molar-refractivity contribution in [3.63, 3.8) is 0 Å². The first kappa shape index (κ1) is 32.8. The Morgan fingerprint density at radius 2 is 1.45 bits per heavy atom. The predicted molar refractivity (Wildman–Crippen MR) is 134 cm³/mol. The van der Waals surface area contributed by atoms with Crippen molar-refractivity contribution in [2.24, 2.45) is 9.98 Å². The SMILES string of the molecule is O.O.[Cu+2].[O-]C1=N[C@H](Cn2ccnn2)CNCCC([O-])=N[C@H](Cn2cc(Cc3ccccc3)nn2)CNCC1. The molecule has 1 aromatic carbocycles. The number of nitrogens with zero attached hydrogens (tertiary/aromatic N) is 8. The Hall–Kier alpha value is -3.20. The van der Waals surface area contributed by atoms with Gasteiger partial charge in [-0.05, 0) is 43.3 Å². The Morgan fingerprint density at radius 3 is 2.03 bits per heavy atom. The van der Waals surface area contributed by atoms with E-state index in [9.17, 15) is 10.2 Å². The first-order valence-electron chi connectivity index (χ1n) is 11.8. The van der Waals surface area contributed by atoms with Gasteiger partial charge in [0.1, 0.15) is 0 Å². The van der Waals surface area contributed by atoms with Crippen molar-refractivity contribution in [3.05, 3.63) is 60.2 Å². The maximum atomic E-state index is 12.5. The average molecular weight is 578 g/mol. The smallest absolute Gasteiger partial charge is 0.862 e. The molecular weight excluding hydrogens is 544 g/mol. The Kier molecular flexibility index (Phi) is 15.0. The van der Waals surface area contributed by atoms with E-state index in [-0.39, 0.29) is 64.7 Å². The molecule has 15 heteroatoms. The monoisotopic (exact) mass is 577 g/mol. The molecule has 3 aromatic rings. The molecule has 0 spiro atoms. The van der Waals surface area contributed by atoms with Crippen molar-refractivity contribution in [1.82, 2.24) is 40.6 Å². The second-order valence-corrected chi connectivity index (χ2v) is 8.48. The molecule has 38 heavy (non-hydrogen) atoms. The van der Waals surface area contributed by atoms with E-state index in [1.54, 1.807) is 21.8 Å². The molecule has 0 fully saturated rings. The van der Waals surface area contributed by atoms with Crippen molar-refractivity contribution in [3.8, 4) is 0 Å². The molecule has 0 amide bonds. The van der Waals surface area contributed by atoms with Gasteiger partial charge in [-0.3, -0.25) is 19.3 Å². The van der Waals surface area contributed by atoms with E-state index in [4.69, 9.17) is 0 Å². The molecular formula is C23H34CuN10O4. The zero-order valence-electron chi connectivity index (χ0n) is 20.8. The summed E-state index contributed by atoms with van der Waals surface area (Å²) in [6, 6.07) is 9.46. The summed E-state index contributed by atoms with van der Waals surface area (Å²) in [5, 5.41) is 47.5. The first-order chi connectivity index (χ1) is 17.1. The van der Waals surface area contributed by atoms with Crippen molar-refractivity contribution >= 4 is 11.8 Å². The van der Waals surface area contributed by atoms with E-state index in [0.717, 1.165) is 11.3 Å². The maximum absolute atomic E-state index is 12.5. The average Bonchev–Trinajstić information content (AvgIpc) is 3.52. The van der Waals surface area contributed by atoms with Crippen molar-refractivity contribution < 1.29 is 38.2 Å². The van der Waals surface area contributed by atoms with Crippen LogP contribution in [0.2, 0.25) is 0 Å². The molecule has 1 radical (unpaired) electrons. The van der Waals surface area contributed by atoms with Gasteiger partial charge in [0, 0.05) is 31.9 Å². The molecule has 211 valence electrons. The Morgan fingerprint density at radius 1 is 0.842 bits per heavy atom. The van der Waals surface area contributed by atoms with Crippen molar-refractivity contribution in [2.75, 3.05) is 26.2 Å². The van der Waals surface area contributed by atoms with Gasteiger partial charge in [0.25, 0.3) is 0 Å². The number of hydrogen-bond acceptors (Lipinski definition) is 10. The maximum Gasteiger partial charge on any atom is 2.00 e. The first-order valence-corrected chi connectivity index (χ1v) is 11.8. The summed E-state index contributed by atoms with van der Waals surface area (Å²) in [5.74, 6) is -0.348. The fraction of sp³-hybridized carbons (Fsp3) is 0.478. The minimum Gasteiger partial charge on any atom is -0.862 e. The summed E-state index contributed by atoms with van der Waals surface area (Å²) < 4.78 is 3.36. The molecule has 0 aliphatic carbocycles. The molecule has 0 saturated heterocycles. The number of aliphatic imine (C=N–C) groups is 2. The van der Waals surface area contributed by atoms with E-state index in [1.165, 1.54) is 0 Å². The molecule has 1 aliphatic heterocycles. The topological polar surface area (TPSA) is 219 Å². The number of hydrogen-bond donors (Lipinski definition) is 2. The van der Waals surface area contributed by atoms with E-state index >= 15 is 0 Å². The number of benzene rings is 1. The summed E-state index contributed by atoms with van der Waals surface area (Å²) >= 11 is 0. The van der Waals surface area contributed by atoms with Crippen LogP contribution in [0.1, 0.15) is 24.1 Å². The number of nitrogens with one attached hydrogen (secondary N) is 2. The Bertz CT molecular complexity index is 1090. The van der Waals surface area contributed by atoms with Crippen molar-refractivity contribution in [1.29, 1.82) is 0 Å². The van der Waals surface area contributed by atoms with Gasteiger partial charge in [0.2, 0.25) is 0 Å². The zero-order valence-corrected chi connectivity index (χ0v) is 21.8. The second-order valence-electron chi connectivity index (χ2n) is 8.48. The third-order valence-corrected chi connectivity index (χ3v) is 5.53. The van der Waals surface area contributed by atoms with Gasteiger partial charge in [-0.15, -0.1) is 10.2 Å². The second kappa shape index (κ2) is 17.3. The predicted octanol–water partition coefficient (Wildman–Crippen LogP) is -3.26. The van der Waals surface area contributed by atoms with Crippen LogP contribution in [0.5, 0.6) is 0 Å². The van der Waals surface area contributed by atoms with Gasteiger partial charge >= 0.3 is 17.1 Å². The van der Waals surface area contributed by atoms with Gasteiger partial charge in [-0.1, -0.05) is 40.8 Å². The van der Waals surface area contributed by atoms with Crippen LogP contribution in [-0.2, 0) is 36.6 Å². The third kappa shape index (κ3) is 11.0. The van der Waals surface area contributed by atoms with E-state index in [1.807, 2.05) is 36.5 Å². The standard InChI is InChI=1S/C23H32N10O2.Cu.2H2O/c34-22-6-9-25-14-21(17-33-15-19(29-31-33)12-18-4-2-1-3-5-18)28-23(35)7-8-24-13-20(27-22)16-32-11-10-26-30-32;;;/h1-5,10-11,15,20-21,24-25H,6-9,12-14,16-17H2,(H,27,34)(H,28,35);;2*1H2/q;+2;;/p-2/t20-,21-;;;/m0.../s1. The summed E-state index contributed by atoms with van der Waals surface area (Å²) in [4.78, 5) is 8.71. The van der Waals surface area contributed by atoms with Crippen LogP contribution >= 0.6 is 0 Å². The molecule has 0 unspecified atom stereocenters. The van der Waals surface area contributed by atoms with Gasteiger partial charge in [-0.2, -0.15) is 0 Å². The minimum absolute atomic E-state index is 0. The van der Waals surface area contributed by atoms with E-state index < -0.39 is 0 Å². The normalized spacial score (nSPS) is 18.9. The Labute approximate surface area is 231 Å².